The van der Waals surface area contributed by atoms with Gasteiger partial charge in [0.25, 0.3) is 11.5 Å². The largest absolute Gasteiger partial charge is 0.466 e. The van der Waals surface area contributed by atoms with E-state index in [1.165, 1.54) is 0 Å². The van der Waals surface area contributed by atoms with Gasteiger partial charge in [-0.3, -0.25) is 19.4 Å². The van der Waals surface area contributed by atoms with Crippen molar-refractivity contribution in [2.75, 3.05) is 24.3 Å². The van der Waals surface area contributed by atoms with Crippen LogP contribution in [0.15, 0.2) is 59.4 Å². The van der Waals surface area contributed by atoms with Crippen LogP contribution in [0, 0.1) is 0 Å². The molecule has 11 nitrogen and oxygen atoms in total. The number of H-pyrrole nitrogens is 1. The van der Waals surface area contributed by atoms with E-state index in [0.717, 1.165) is 30.4 Å². The molecule has 3 rings (SSSR count). The molecule has 1 aromatic heterocycles. The van der Waals surface area contributed by atoms with E-state index in [1.807, 2.05) is 42.5 Å². The van der Waals surface area contributed by atoms with Crippen molar-refractivity contribution in [2.45, 2.75) is 65.0 Å². The molecule has 0 saturated heterocycles. The Bertz CT molecular complexity index is 1370. The molecular formula is C31H39N5O6. The molecule has 3 aromatic rings. The van der Waals surface area contributed by atoms with Crippen molar-refractivity contribution < 1.29 is 23.9 Å². The molecule has 0 bridgehead atoms. The summed E-state index contributed by atoms with van der Waals surface area (Å²) in [7, 11) is 0. The normalized spacial score (nSPS) is 11.4. The molecule has 0 aliphatic carbocycles. The van der Waals surface area contributed by atoms with Gasteiger partial charge in [-0.05, 0) is 69.2 Å². The quantitative estimate of drug-likeness (QED) is 0.147. The van der Waals surface area contributed by atoms with Crippen LogP contribution in [-0.2, 0) is 38.4 Å². The molecule has 11 heteroatoms. The van der Waals surface area contributed by atoms with Crippen molar-refractivity contribution in [3.8, 4) is 0 Å². The average Bonchev–Trinajstić information content (AvgIpc) is 2.98. The number of benzene rings is 2. The summed E-state index contributed by atoms with van der Waals surface area (Å²) in [6.07, 6.45) is 2.91. The van der Waals surface area contributed by atoms with Crippen LogP contribution in [0.3, 0.4) is 0 Å². The third-order valence-electron chi connectivity index (χ3n) is 6.51. The van der Waals surface area contributed by atoms with Crippen LogP contribution in [0.25, 0.3) is 0 Å². The molecule has 1 heterocycles. The Labute approximate surface area is 245 Å². The van der Waals surface area contributed by atoms with Gasteiger partial charge in [0, 0.05) is 18.5 Å². The van der Waals surface area contributed by atoms with Crippen LogP contribution in [0.1, 0.15) is 66.6 Å². The van der Waals surface area contributed by atoms with E-state index in [2.05, 4.69) is 20.6 Å². The predicted molar refractivity (Wildman–Crippen MR) is 160 cm³/mol. The van der Waals surface area contributed by atoms with Crippen molar-refractivity contribution in [3.63, 3.8) is 0 Å². The highest BCUT2D eigenvalue weighted by atomic mass is 16.5. The molecule has 5 N–H and O–H groups in total. The van der Waals surface area contributed by atoms with Gasteiger partial charge in [-0.15, -0.1) is 0 Å². The molecule has 0 aliphatic rings. The number of anilines is 2. The van der Waals surface area contributed by atoms with E-state index in [9.17, 15) is 19.2 Å². The molecule has 0 aliphatic heterocycles. The van der Waals surface area contributed by atoms with Crippen molar-refractivity contribution in [2.24, 2.45) is 0 Å². The van der Waals surface area contributed by atoms with Crippen molar-refractivity contribution in [3.05, 3.63) is 87.2 Å². The molecule has 1 amide bonds. The number of ether oxygens (including phenoxy) is 2. The Morgan fingerprint density at radius 3 is 2.31 bits per heavy atom. The van der Waals surface area contributed by atoms with Crippen LogP contribution >= 0.6 is 0 Å². The first kappa shape index (κ1) is 31.9. The number of carbonyl (C=O) groups is 3. The second-order valence-corrected chi connectivity index (χ2v) is 9.64. The number of nitrogens with one attached hydrogen (secondary N) is 3. The molecular weight excluding hydrogens is 538 g/mol. The number of rotatable bonds is 16. The Morgan fingerprint density at radius 2 is 1.62 bits per heavy atom. The van der Waals surface area contributed by atoms with E-state index >= 15 is 0 Å². The van der Waals surface area contributed by atoms with E-state index in [1.54, 1.807) is 26.0 Å². The number of nitrogens with two attached hydrogens (primary N) is 1. The third-order valence-corrected chi connectivity index (χ3v) is 6.51. The monoisotopic (exact) mass is 577 g/mol. The first-order chi connectivity index (χ1) is 20.3. The second-order valence-electron chi connectivity index (χ2n) is 9.64. The number of aromatic amines is 1. The lowest BCUT2D eigenvalue weighted by atomic mass is 10.0. The van der Waals surface area contributed by atoms with Crippen LogP contribution in [0.5, 0.6) is 0 Å². The van der Waals surface area contributed by atoms with Crippen LogP contribution in [0.2, 0.25) is 0 Å². The number of aryl methyl sites for hydroxylation is 1. The highest BCUT2D eigenvalue weighted by Crippen LogP contribution is 2.16. The smallest absolute Gasteiger partial charge is 0.328 e. The summed E-state index contributed by atoms with van der Waals surface area (Å²) in [5.74, 6) is -0.924. The molecule has 2 aromatic carbocycles. The molecule has 0 radical (unpaired) electrons. The van der Waals surface area contributed by atoms with Crippen LogP contribution in [0.4, 0.5) is 11.8 Å². The molecule has 0 fully saturated rings. The highest BCUT2D eigenvalue weighted by Gasteiger charge is 2.24. The maximum absolute atomic E-state index is 12.8. The van der Waals surface area contributed by atoms with Crippen molar-refractivity contribution >= 4 is 29.6 Å². The fraction of sp³-hybridized carbons (Fsp3) is 0.387. The summed E-state index contributed by atoms with van der Waals surface area (Å²) in [5.41, 5.74) is 8.57. The molecule has 0 spiro atoms. The van der Waals surface area contributed by atoms with Gasteiger partial charge in [-0.1, -0.05) is 42.5 Å². The van der Waals surface area contributed by atoms with E-state index in [-0.39, 0.29) is 37.6 Å². The van der Waals surface area contributed by atoms with E-state index in [0.29, 0.717) is 29.9 Å². The predicted octanol–water partition coefficient (Wildman–Crippen LogP) is 3.53. The SMILES string of the molecule is CCOC(=O)CCC(NC(=O)c1ccc(CCCCc2c(NCc3ccccc3)nc(N)[nH]c2=O)cc1)C(=O)OCC. The average molecular weight is 578 g/mol. The summed E-state index contributed by atoms with van der Waals surface area (Å²) in [4.78, 5) is 56.3. The number of nitrogen functional groups attached to an aromatic ring is 1. The number of esters is 2. The summed E-state index contributed by atoms with van der Waals surface area (Å²) in [6, 6.07) is 16.0. The van der Waals surface area contributed by atoms with Gasteiger partial charge in [0.05, 0.1) is 18.8 Å². The molecule has 0 saturated carbocycles. The minimum absolute atomic E-state index is 0.0145. The topological polar surface area (TPSA) is 165 Å². The van der Waals surface area contributed by atoms with Crippen LogP contribution in [-0.4, -0.2) is 47.1 Å². The van der Waals surface area contributed by atoms with Gasteiger partial charge >= 0.3 is 11.9 Å². The van der Waals surface area contributed by atoms with Gasteiger partial charge in [-0.25, -0.2) is 4.79 Å². The zero-order valence-electron chi connectivity index (χ0n) is 24.1. The first-order valence-electron chi connectivity index (χ1n) is 14.2. The Balaban J connectivity index is 1.53. The zero-order chi connectivity index (χ0) is 30.3. The van der Waals surface area contributed by atoms with Gasteiger partial charge in [0.15, 0.2) is 0 Å². The minimum atomic E-state index is -0.959. The Hall–Kier alpha value is -4.67. The minimum Gasteiger partial charge on any atom is -0.466 e. The zero-order valence-corrected chi connectivity index (χ0v) is 24.1. The standard InChI is InChI=1S/C31H39N5O6/c1-3-41-26(37)19-18-25(30(40)42-4-2)34-28(38)23-16-14-21(15-17-23)10-8-9-13-24-27(35-31(32)36-29(24)39)33-20-22-11-6-5-7-12-22/h5-7,11-12,14-17,25H,3-4,8-10,13,18-20H2,1-2H3,(H,34,38)(H4,32,33,35,36,39). The summed E-state index contributed by atoms with van der Waals surface area (Å²) >= 11 is 0. The lowest BCUT2D eigenvalue weighted by Crippen LogP contribution is -2.42. The number of carbonyl (C=O) groups excluding carboxylic acids is 3. The molecule has 42 heavy (non-hydrogen) atoms. The van der Waals surface area contributed by atoms with Crippen molar-refractivity contribution in [1.82, 2.24) is 15.3 Å². The lowest BCUT2D eigenvalue weighted by Gasteiger charge is -2.17. The van der Waals surface area contributed by atoms with Crippen LogP contribution < -0.4 is 21.9 Å². The second kappa shape index (κ2) is 16.6. The summed E-state index contributed by atoms with van der Waals surface area (Å²) < 4.78 is 9.96. The maximum Gasteiger partial charge on any atom is 0.328 e. The highest BCUT2D eigenvalue weighted by molar-refractivity contribution is 5.96. The fourth-order valence-electron chi connectivity index (χ4n) is 4.36. The first-order valence-corrected chi connectivity index (χ1v) is 14.2. The molecule has 1 atom stereocenters. The van der Waals surface area contributed by atoms with Crippen molar-refractivity contribution in [1.29, 1.82) is 0 Å². The van der Waals surface area contributed by atoms with Gasteiger partial charge in [-0.2, -0.15) is 4.98 Å². The number of amides is 1. The van der Waals surface area contributed by atoms with Gasteiger partial charge < -0.3 is 25.8 Å². The Kier molecular flexibility index (Phi) is 12.6. The number of hydrogen-bond acceptors (Lipinski definition) is 9. The Morgan fingerprint density at radius 1 is 0.929 bits per heavy atom. The number of aromatic nitrogens is 2. The van der Waals surface area contributed by atoms with Gasteiger partial charge in [0.2, 0.25) is 5.95 Å². The van der Waals surface area contributed by atoms with E-state index < -0.39 is 23.9 Å². The van der Waals surface area contributed by atoms with E-state index in [4.69, 9.17) is 15.2 Å². The summed E-state index contributed by atoms with van der Waals surface area (Å²) in [6.45, 7) is 4.30. The number of hydrogen-bond donors (Lipinski definition) is 4. The third kappa shape index (κ3) is 10.1. The lowest BCUT2D eigenvalue weighted by molar-refractivity contribution is -0.146. The number of unbranched alkanes of at least 4 members (excludes halogenated alkanes) is 1. The number of nitrogens with zero attached hydrogens (tertiary/aromatic N) is 1. The molecule has 1 unspecified atom stereocenters. The summed E-state index contributed by atoms with van der Waals surface area (Å²) in [5, 5.41) is 5.90. The fourth-order valence-corrected chi connectivity index (χ4v) is 4.36. The molecule has 224 valence electrons. The van der Waals surface area contributed by atoms with Gasteiger partial charge in [0.1, 0.15) is 11.9 Å². The maximum atomic E-state index is 12.8.